The van der Waals surface area contributed by atoms with Gasteiger partial charge in [-0.1, -0.05) is 12.1 Å². The van der Waals surface area contributed by atoms with E-state index >= 15 is 0 Å². The van der Waals surface area contributed by atoms with Gasteiger partial charge in [0.15, 0.2) is 13.9 Å². The van der Waals surface area contributed by atoms with Gasteiger partial charge in [0.1, 0.15) is 11.5 Å². The van der Waals surface area contributed by atoms with E-state index in [-0.39, 0.29) is 5.78 Å². The number of benzene rings is 2. The summed E-state index contributed by atoms with van der Waals surface area (Å²) in [5.41, 5.74) is -0.399. The molecule has 0 amide bonds. The van der Waals surface area contributed by atoms with Crippen LogP contribution in [0, 0.1) is 0 Å². The van der Waals surface area contributed by atoms with Gasteiger partial charge in [-0.05, 0) is 61.6 Å². The van der Waals surface area contributed by atoms with Crippen LogP contribution in [0.15, 0.2) is 48.5 Å². The average molecular weight is 375 g/mol. The Hall–Kier alpha value is -2.15. The number of rotatable bonds is 8. The highest BCUT2D eigenvalue weighted by atomic mass is 28.4. The van der Waals surface area contributed by atoms with Gasteiger partial charge in [0.2, 0.25) is 5.78 Å². The minimum Gasteiger partial charge on any atom is -0.497 e. The highest BCUT2D eigenvalue weighted by Crippen LogP contribution is 2.34. The number of aliphatic hydroxyl groups excluding tert-OH is 1. The fraction of sp³-hybridized carbons (Fsp3) is 0.350. The van der Waals surface area contributed by atoms with Gasteiger partial charge in [-0.15, -0.1) is 0 Å². The molecule has 0 aliphatic heterocycles. The molecular formula is C20H26O5Si. The molecule has 0 spiro atoms. The van der Waals surface area contributed by atoms with Crippen LogP contribution in [0.3, 0.4) is 0 Å². The molecule has 26 heavy (non-hydrogen) atoms. The van der Waals surface area contributed by atoms with Crippen molar-refractivity contribution in [2.75, 3.05) is 20.8 Å². The molecule has 0 saturated carbocycles. The Morgan fingerprint density at radius 3 is 1.77 bits per heavy atom. The van der Waals surface area contributed by atoms with E-state index in [9.17, 15) is 9.90 Å². The highest BCUT2D eigenvalue weighted by Gasteiger charge is 2.44. The first-order valence-corrected chi connectivity index (χ1v) is 11.8. The molecular weight excluding hydrogens is 348 g/mol. The van der Waals surface area contributed by atoms with Crippen molar-refractivity contribution >= 4 is 14.1 Å². The molecule has 0 saturated heterocycles. The number of hydrogen-bond donors (Lipinski definition) is 1. The average Bonchev–Trinajstić information content (AvgIpc) is 2.65. The molecule has 0 bridgehead atoms. The van der Waals surface area contributed by atoms with Crippen molar-refractivity contribution in [2.24, 2.45) is 0 Å². The summed E-state index contributed by atoms with van der Waals surface area (Å²) in [6, 6.07) is 13.8. The van der Waals surface area contributed by atoms with Crippen LogP contribution in [0.4, 0.5) is 0 Å². The van der Waals surface area contributed by atoms with Crippen molar-refractivity contribution in [2.45, 2.75) is 25.2 Å². The van der Waals surface area contributed by atoms with E-state index in [0.717, 1.165) is 0 Å². The van der Waals surface area contributed by atoms with Crippen molar-refractivity contribution in [1.29, 1.82) is 0 Å². The number of methoxy groups -OCH3 is 2. The van der Waals surface area contributed by atoms with Crippen LogP contribution in [-0.4, -0.2) is 40.0 Å². The monoisotopic (exact) mass is 374 g/mol. The molecule has 2 rings (SSSR count). The Kier molecular flexibility index (Phi) is 6.23. The first kappa shape index (κ1) is 20.2. The third-order valence-corrected chi connectivity index (χ3v) is 4.94. The Bertz CT molecular complexity index is 734. The SMILES string of the molecule is COc1ccc(C(=O)C(CO)(O[Si](C)(C)C)c2ccc(OC)cc2)cc1. The van der Waals surface area contributed by atoms with Gasteiger partial charge in [-0.3, -0.25) is 4.79 Å². The predicted molar refractivity (Wildman–Crippen MR) is 104 cm³/mol. The molecule has 0 aromatic heterocycles. The number of ether oxygens (including phenoxy) is 2. The Balaban J connectivity index is 2.54. The number of ketones is 1. The second-order valence-electron chi connectivity index (χ2n) is 6.99. The third-order valence-electron chi connectivity index (χ3n) is 3.98. The van der Waals surface area contributed by atoms with Crippen LogP contribution in [0.2, 0.25) is 19.6 Å². The first-order valence-electron chi connectivity index (χ1n) is 8.40. The normalized spacial score (nSPS) is 13.8. The molecule has 0 aliphatic carbocycles. The van der Waals surface area contributed by atoms with Crippen molar-refractivity contribution in [3.8, 4) is 11.5 Å². The van der Waals surface area contributed by atoms with E-state index in [0.29, 0.717) is 22.6 Å². The van der Waals surface area contributed by atoms with Gasteiger partial charge in [-0.2, -0.15) is 0 Å². The molecule has 1 atom stereocenters. The lowest BCUT2D eigenvalue weighted by atomic mass is 9.86. The van der Waals surface area contributed by atoms with Crippen LogP contribution < -0.4 is 9.47 Å². The summed E-state index contributed by atoms with van der Waals surface area (Å²) in [7, 11) is 0.980. The third kappa shape index (κ3) is 4.33. The lowest BCUT2D eigenvalue weighted by molar-refractivity contribution is 0.00750. The molecule has 5 nitrogen and oxygen atoms in total. The summed E-state index contributed by atoms with van der Waals surface area (Å²) in [6.07, 6.45) is 0. The van der Waals surface area contributed by atoms with Gasteiger partial charge < -0.3 is 19.0 Å². The zero-order valence-corrected chi connectivity index (χ0v) is 16.9. The number of Topliss-reactive ketones (excluding diaryl/α,β-unsaturated/α-hetero) is 1. The Morgan fingerprint density at radius 2 is 1.38 bits per heavy atom. The molecule has 2 aromatic rings. The Morgan fingerprint density at radius 1 is 0.923 bits per heavy atom. The quantitative estimate of drug-likeness (QED) is 0.565. The maximum absolute atomic E-state index is 13.4. The molecule has 0 heterocycles. The van der Waals surface area contributed by atoms with E-state index in [4.69, 9.17) is 13.9 Å². The molecule has 1 N–H and O–H groups in total. The molecule has 1 unspecified atom stereocenters. The zero-order chi connectivity index (χ0) is 19.4. The fourth-order valence-electron chi connectivity index (χ4n) is 2.79. The molecule has 0 aliphatic rings. The van der Waals surface area contributed by atoms with Gasteiger partial charge >= 0.3 is 0 Å². The summed E-state index contributed by atoms with van der Waals surface area (Å²) >= 11 is 0. The van der Waals surface area contributed by atoms with Gasteiger partial charge in [0.05, 0.1) is 20.8 Å². The second-order valence-corrected chi connectivity index (χ2v) is 11.4. The van der Waals surface area contributed by atoms with Crippen LogP contribution >= 0.6 is 0 Å². The summed E-state index contributed by atoms with van der Waals surface area (Å²) in [6.45, 7) is 5.52. The van der Waals surface area contributed by atoms with Crippen LogP contribution in [-0.2, 0) is 10.0 Å². The van der Waals surface area contributed by atoms with Crippen molar-refractivity contribution in [3.05, 3.63) is 59.7 Å². The minimum absolute atomic E-state index is 0.282. The van der Waals surface area contributed by atoms with Gasteiger partial charge in [-0.25, -0.2) is 0 Å². The van der Waals surface area contributed by atoms with Gasteiger partial charge in [0, 0.05) is 5.56 Å². The van der Waals surface area contributed by atoms with E-state index in [1.54, 1.807) is 62.8 Å². The topological polar surface area (TPSA) is 65.0 Å². The predicted octanol–water partition coefficient (Wildman–Crippen LogP) is 3.63. The molecule has 0 radical (unpaired) electrons. The van der Waals surface area contributed by atoms with E-state index in [1.807, 2.05) is 19.6 Å². The van der Waals surface area contributed by atoms with Crippen LogP contribution in [0.5, 0.6) is 11.5 Å². The summed E-state index contributed by atoms with van der Waals surface area (Å²) in [5.74, 6) is 1.05. The second kappa shape index (κ2) is 8.03. The lowest BCUT2D eigenvalue weighted by Crippen LogP contribution is -2.49. The van der Waals surface area contributed by atoms with E-state index in [2.05, 4.69) is 0 Å². The van der Waals surface area contributed by atoms with E-state index in [1.165, 1.54) is 0 Å². The molecule has 140 valence electrons. The van der Waals surface area contributed by atoms with Crippen molar-refractivity contribution in [3.63, 3.8) is 0 Å². The highest BCUT2D eigenvalue weighted by molar-refractivity contribution is 6.70. The maximum atomic E-state index is 13.4. The minimum atomic E-state index is -2.17. The largest absolute Gasteiger partial charge is 0.497 e. The number of carbonyl (C=O) groups is 1. The first-order chi connectivity index (χ1) is 12.3. The maximum Gasteiger partial charge on any atom is 0.200 e. The van der Waals surface area contributed by atoms with Crippen LogP contribution in [0.25, 0.3) is 0 Å². The van der Waals surface area contributed by atoms with Crippen molar-refractivity contribution < 1.29 is 23.8 Å². The molecule has 2 aromatic carbocycles. The molecule has 6 heteroatoms. The number of aliphatic hydroxyl groups is 1. The van der Waals surface area contributed by atoms with E-state index < -0.39 is 20.5 Å². The zero-order valence-electron chi connectivity index (χ0n) is 15.9. The lowest BCUT2D eigenvalue weighted by Gasteiger charge is -2.37. The Labute approximate surface area is 155 Å². The summed E-state index contributed by atoms with van der Waals surface area (Å²) < 4.78 is 16.6. The summed E-state index contributed by atoms with van der Waals surface area (Å²) in [4.78, 5) is 13.4. The summed E-state index contributed by atoms with van der Waals surface area (Å²) in [5, 5.41) is 10.3. The number of carbonyl (C=O) groups excluding carboxylic acids is 1. The number of hydrogen-bond acceptors (Lipinski definition) is 5. The molecule has 0 fully saturated rings. The smallest absolute Gasteiger partial charge is 0.200 e. The standard InChI is InChI=1S/C20H26O5Si/c1-23-17-10-6-15(7-11-17)19(22)20(14-21,25-26(3,4)5)16-8-12-18(24-2)13-9-16/h6-13,21H,14H2,1-5H3. The van der Waals surface area contributed by atoms with Crippen LogP contribution in [0.1, 0.15) is 15.9 Å². The fourth-order valence-corrected chi connectivity index (χ4v) is 4.11. The van der Waals surface area contributed by atoms with Gasteiger partial charge in [0.25, 0.3) is 0 Å². The van der Waals surface area contributed by atoms with Crippen molar-refractivity contribution in [1.82, 2.24) is 0 Å².